The Morgan fingerprint density at radius 2 is 1.59 bits per heavy atom. The van der Waals surface area contributed by atoms with E-state index in [1.54, 1.807) is 7.11 Å². The Labute approximate surface area is 160 Å². The maximum atomic E-state index is 12.4. The molecule has 0 atom stereocenters. The van der Waals surface area contributed by atoms with E-state index in [2.05, 4.69) is 15.1 Å². The maximum Gasteiger partial charge on any atom is 0.238 e. The van der Waals surface area contributed by atoms with Crippen LogP contribution in [0.2, 0.25) is 0 Å². The normalized spacial score (nSPS) is 18.9. The summed E-state index contributed by atoms with van der Waals surface area (Å²) in [7, 11) is 1.61. The number of piperazine rings is 1. The highest BCUT2D eigenvalue weighted by molar-refractivity contribution is 5.92. The molecule has 0 aromatic heterocycles. The van der Waals surface area contributed by atoms with Crippen LogP contribution >= 0.6 is 0 Å². The van der Waals surface area contributed by atoms with Gasteiger partial charge in [0.15, 0.2) is 0 Å². The minimum atomic E-state index is -0.0479. The highest BCUT2D eigenvalue weighted by atomic mass is 16.5. The van der Waals surface area contributed by atoms with Gasteiger partial charge in [0.05, 0.1) is 33.4 Å². The second-order valence-corrected chi connectivity index (χ2v) is 6.82. The van der Waals surface area contributed by atoms with Gasteiger partial charge in [0, 0.05) is 45.0 Å². The molecule has 1 N–H and O–H groups in total. The van der Waals surface area contributed by atoms with Crippen LogP contribution in [0.3, 0.4) is 0 Å². The van der Waals surface area contributed by atoms with Gasteiger partial charge in [0.1, 0.15) is 5.75 Å². The van der Waals surface area contributed by atoms with Crippen LogP contribution < -0.4 is 10.1 Å². The zero-order valence-corrected chi connectivity index (χ0v) is 15.9. The summed E-state index contributed by atoms with van der Waals surface area (Å²) in [5.74, 6) is 0.873. The Hall–Kier alpha value is -2.16. The number of rotatable bonds is 6. The van der Waals surface area contributed by atoms with Crippen molar-refractivity contribution >= 4 is 17.5 Å². The largest absolute Gasteiger partial charge is 0.497 e. The van der Waals surface area contributed by atoms with Gasteiger partial charge in [-0.1, -0.05) is 0 Å². The van der Waals surface area contributed by atoms with Crippen LogP contribution in [0.5, 0.6) is 5.75 Å². The second kappa shape index (κ2) is 9.68. The molecule has 2 amide bonds. The third kappa shape index (κ3) is 5.92. The molecule has 2 fully saturated rings. The van der Waals surface area contributed by atoms with Gasteiger partial charge in [-0.25, -0.2) is 0 Å². The molecule has 2 aliphatic rings. The predicted octanol–water partition coefficient (Wildman–Crippen LogP) is 0.110. The van der Waals surface area contributed by atoms with Crippen LogP contribution in [0, 0.1) is 0 Å². The van der Waals surface area contributed by atoms with Gasteiger partial charge in [-0.2, -0.15) is 0 Å². The number of hydrogen-bond donors (Lipinski definition) is 1. The molecular weight excluding hydrogens is 348 g/mol. The van der Waals surface area contributed by atoms with Gasteiger partial charge in [-0.05, 0) is 24.3 Å². The first-order valence-electron chi connectivity index (χ1n) is 9.38. The van der Waals surface area contributed by atoms with Gasteiger partial charge in [0.2, 0.25) is 11.8 Å². The lowest BCUT2D eigenvalue weighted by Gasteiger charge is -2.36. The number of benzene rings is 1. The average Bonchev–Trinajstić information content (AvgIpc) is 2.70. The zero-order chi connectivity index (χ0) is 19.1. The minimum Gasteiger partial charge on any atom is -0.497 e. The Balaban J connectivity index is 1.38. The van der Waals surface area contributed by atoms with Crippen LogP contribution in [-0.4, -0.2) is 99.2 Å². The topological polar surface area (TPSA) is 74.4 Å². The number of anilines is 1. The van der Waals surface area contributed by atoms with Crippen LogP contribution in [-0.2, 0) is 14.3 Å². The number of methoxy groups -OCH3 is 1. The summed E-state index contributed by atoms with van der Waals surface area (Å²) in [5, 5.41) is 2.89. The van der Waals surface area contributed by atoms with Gasteiger partial charge < -0.3 is 19.7 Å². The molecule has 2 aliphatic heterocycles. The van der Waals surface area contributed by atoms with Crippen LogP contribution in [0.15, 0.2) is 24.3 Å². The third-order valence-electron chi connectivity index (χ3n) is 4.93. The highest BCUT2D eigenvalue weighted by Gasteiger charge is 2.24. The molecule has 8 heteroatoms. The molecule has 148 valence electrons. The van der Waals surface area contributed by atoms with Gasteiger partial charge in [0.25, 0.3) is 0 Å². The lowest BCUT2D eigenvalue weighted by molar-refractivity contribution is -0.135. The van der Waals surface area contributed by atoms with E-state index in [9.17, 15) is 9.59 Å². The van der Waals surface area contributed by atoms with E-state index in [-0.39, 0.29) is 11.8 Å². The Bertz CT molecular complexity index is 623. The fourth-order valence-corrected chi connectivity index (χ4v) is 3.28. The lowest BCUT2D eigenvalue weighted by atomic mass is 10.2. The number of ether oxygens (including phenoxy) is 2. The summed E-state index contributed by atoms with van der Waals surface area (Å²) in [5.41, 5.74) is 0.750. The van der Waals surface area contributed by atoms with Crippen LogP contribution in [0.4, 0.5) is 5.69 Å². The Morgan fingerprint density at radius 3 is 2.22 bits per heavy atom. The van der Waals surface area contributed by atoms with Crippen molar-refractivity contribution in [1.82, 2.24) is 14.7 Å². The Morgan fingerprint density at radius 1 is 0.963 bits per heavy atom. The monoisotopic (exact) mass is 376 g/mol. The Kier molecular flexibility index (Phi) is 7.03. The number of nitrogens with zero attached hydrogens (tertiary/aromatic N) is 3. The maximum absolute atomic E-state index is 12.4. The second-order valence-electron chi connectivity index (χ2n) is 6.82. The highest BCUT2D eigenvalue weighted by Crippen LogP contribution is 2.15. The summed E-state index contributed by atoms with van der Waals surface area (Å²) < 4.78 is 10.4. The van der Waals surface area contributed by atoms with Crippen molar-refractivity contribution in [3.63, 3.8) is 0 Å². The summed E-state index contributed by atoms with van der Waals surface area (Å²) in [6.07, 6.45) is 0. The number of nitrogens with one attached hydrogen (secondary N) is 1. The first-order valence-corrected chi connectivity index (χ1v) is 9.38. The molecule has 1 aromatic carbocycles. The van der Waals surface area contributed by atoms with E-state index in [1.807, 2.05) is 29.2 Å². The molecule has 3 rings (SSSR count). The van der Waals surface area contributed by atoms with E-state index < -0.39 is 0 Å². The van der Waals surface area contributed by atoms with E-state index in [0.29, 0.717) is 52.5 Å². The fourth-order valence-electron chi connectivity index (χ4n) is 3.28. The molecule has 8 nitrogen and oxygen atoms in total. The molecule has 2 saturated heterocycles. The van der Waals surface area contributed by atoms with Crippen molar-refractivity contribution in [1.29, 1.82) is 0 Å². The molecule has 0 spiro atoms. The lowest BCUT2D eigenvalue weighted by Crippen LogP contribution is -2.53. The van der Waals surface area contributed by atoms with Crippen molar-refractivity contribution in [2.24, 2.45) is 0 Å². The van der Waals surface area contributed by atoms with E-state index in [4.69, 9.17) is 9.47 Å². The number of carbonyl (C=O) groups excluding carboxylic acids is 2. The van der Waals surface area contributed by atoms with Gasteiger partial charge in [-0.3, -0.25) is 19.4 Å². The molecular formula is C19H28N4O4. The smallest absolute Gasteiger partial charge is 0.238 e. The standard InChI is InChI=1S/C19H28N4O4/c1-26-17-4-2-16(3-5-17)20-18(24)14-21-6-8-23(9-7-21)19(25)15-22-10-12-27-13-11-22/h2-5H,6-15H2,1H3,(H,20,24). The number of amides is 2. The third-order valence-corrected chi connectivity index (χ3v) is 4.93. The van der Waals surface area contributed by atoms with Crippen LogP contribution in [0.1, 0.15) is 0 Å². The molecule has 0 saturated carbocycles. The summed E-state index contributed by atoms with van der Waals surface area (Å²) in [6.45, 7) is 6.58. The van der Waals surface area contributed by atoms with E-state index in [1.165, 1.54) is 0 Å². The van der Waals surface area contributed by atoms with Crippen molar-refractivity contribution in [3.05, 3.63) is 24.3 Å². The molecule has 2 heterocycles. The molecule has 0 radical (unpaired) electrons. The summed E-state index contributed by atoms with van der Waals surface area (Å²) >= 11 is 0. The minimum absolute atomic E-state index is 0.0479. The van der Waals surface area contributed by atoms with E-state index >= 15 is 0 Å². The van der Waals surface area contributed by atoms with Crippen molar-refractivity contribution in [2.45, 2.75) is 0 Å². The van der Waals surface area contributed by atoms with Crippen molar-refractivity contribution in [2.75, 3.05) is 78.0 Å². The van der Waals surface area contributed by atoms with Crippen molar-refractivity contribution in [3.8, 4) is 5.75 Å². The zero-order valence-electron chi connectivity index (χ0n) is 15.9. The summed E-state index contributed by atoms with van der Waals surface area (Å²) in [6, 6.07) is 7.26. The fraction of sp³-hybridized carbons (Fsp3) is 0.579. The van der Waals surface area contributed by atoms with Crippen LogP contribution in [0.25, 0.3) is 0 Å². The van der Waals surface area contributed by atoms with Gasteiger partial charge in [-0.15, -0.1) is 0 Å². The number of carbonyl (C=O) groups is 2. The number of hydrogen-bond acceptors (Lipinski definition) is 6. The predicted molar refractivity (Wildman–Crippen MR) is 102 cm³/mol. The SMILES string of the molecule is COc1ccc(NC(=O)CN2CCN(C(=O)CN3CCOCC3)CC2)cc1. The molecule has 0 aliphatic carbocycles. The first-order chi connectivity index (χ1) is 13.1. The van der Waals surface area contributed by atoms with Crippen molar-refractivity contribution < 1.29 is 19.1 Å². The summed E-state index contributed by atoms with van der Waals surface area (Å²) in [4.78, 5) is 30.8. The van der Waals surface area contributed by atoms with E-state index in [0.717, 1.165) is 24.5 Å². The molecule has 27 heavy (non-hydrogen) atoms. The molecule has 1 aromatic rings. The average molecular weight is 376 g/mol. The van der Waals surface area contributed by atoms with Gasteiger partial charge >= 0.3 is 0 Å². The number of morpholine rings is 1. The molecule has 0 bridgehead atoms. The first kappa shape index (κ1) is 19.6. The quantitative estimate of drug-likeness (QED) is 0.760. The molecule has 0 unspecified atom stereocenters.